The molecule has 0 radical (unpaired) electrons. The molecular weight excluding hydrogens is 284 g/mol. The van der Waals surface area contributed by atoms with Crippen molar-refractivity contribution in [3.05, 3.63) is 64.7 Å². The predicted molar refractivity (Wildman–Crippen MR) is 86.4 cm³/mol. The van der Waals surface area contributed by atoms with Crippen LogP contribution in [0.25, 0.3) is 0 Å². The quantitative estimate of drug-likeness (QED) is 0.717. The molecule has 0 saturated carbocycles. The summed E-state index contributed by atoms with van der Waals surface area (Å²) in [4.78, 5) is 12.4. The molecule has 0 spiro atoms. The minimum atomic E-state index is -0.536. The smallest absolute Gasteiger partial charge is 0.202 e. The van der Waals surface area contributed by atoms with Crippen molar-refractivity contribution in [2.45, 2.75) is 32.8 Å². The van der Waals surface area contributed by atoms with E-state index in [2.05, 4.69) is 13.8 Å². The fourth-order valence-electron chi connectivity index (χ4n) is 2.16. The first kappa shape index (κ1) is 15.6. The Morgan fingerprint density at radius 2 is 1.62 bits per heavy atom. The Hall–Kier alpha value is -1.80. The minimum Gasteiger partial charge on any atom is -0.482 e. The maximum atomic E-state index is 12.4. The molecule has 2 nitrogen and oxygen atoms in total. The summed E-state index contributed by atoms with van der Waals surface area (Å²) < 4.78 is 5.87. The van der Waals surface area contributed by atoms with Gasteiger partial charge in [0.15, 0.2) is 6.10 Å². The predicted octanol–water partition coefficient (Wildman–Crippen LogP) is 5.11. The standard InChI is InChI=1S/C18H19ClO2/c1-12(2)16-6-4-5-7-17(16)21-13(3)18(20)14-8-10-15(19)11-9-14/h4-13H,1-3H3. The zero-order valence-corrected chi connectivity index (χ0v) is 13.2. The Balaban J connectivity index is 2.16. The topological polar surface area (TPSA) is 26.3 Å². The summed E-state index contributed by atoms with van der Waals surface area (Å²) in [5.74, 6) is 1.06. The highest BCUT2D eigenvalue weighted by Gasteiger charge is 2.18. The normalized spacial score (nSPS) is 12.2. The number of halogens is 1. The monoisotopic (exact) mass is 302 g/mol. The van der Waals surface area contributed by atoms with Gasteiger partial charge in [-0.1, -0.05) is 43.6 Å². The van der Waals surface area contributed by atoms with E-state index in [-0.39, 0.29) is 5.78 Å². The van der Waals surface area contributed by atoms with Crippen LogP contribution in [0.15, 0.2) is 48.5 Å². The summed E-state index contributed by atoms with van der Waals surface area (Å²) in [6, 6.07) is 14.7. The molecule has 110 valence electrons. The van der Waals surface area contributed by atoms with Crippen LogP contribution >= 0.6 is 11.6 Å². The van der Waals surface area contributed by atoms with Crippen LogP contribution in [0.4, 0.5) is 0 Å². The molecule has 1 atom stereocenters. The molecule has 21 heavy (non-hydrogen) atoms. The van der Waals surface area contributed by atoms with Crippen LogP contribution in [-0.2, 0) is 0 Å². The first-order chi connectivity index (χ1) is 9.99. The molecule has 0 aliphatic carbocycles. The molecule has 0 saturated heterocycles. The molecule has 3 heteroatoms. The zero-order valence-electron chi connectivity index (χ0n) is 12.5. The lowest BCUT2D eigenvalue weighted by Crippen LogP contribution is -2.24. The van der Waals surface area contributed by atoms with Crippen molar-refractivity contribution in [2.75, 3.05) is 0 Å². The molecule has 0 fully saturated rings. The van der Waals surface area contributed by atoms with Crippen molar-refractivity contribution in [2.24, 2.45) is 0 Å². The maximum absolute atomic E-state index is 12.4. The van der Waals surface area contributed by atoms with Gasteiger partial charge in [0.1, 0.15) is 5.75 Å². The number of rotatable bonds is 5. The molecule has 2 aromatic carbocycles. The minimum absolute atomic E-state index is 0.0507. The van der Waals surface area contributed by atoms with E-state index in [1.165, 1.54) is 0 Å². The highest BCUT2D eigenvalue weighted by Crippen LogP contribution is 2.27. The van der Waals surface area contributed by atoms with E-state index in [0.29, 0.717) is 16.5 Å². The number of ketones is 1. The molecular formula is C18H19ClO2. The average Bonchev–Trinajstić information content (AvgIpc) is 2.47. The van der Waals surface area contributed by atoms with Crippen LogP contribution in [0.1, 0.15) is 42.6 Å². The number of hydrogen-bond acceptors (Lipinski definition) is 2. The van der Waals surface area contributed by atoms with Crippen LogP contribution in [0, 0.1) is 0 Å². The van der Waals surface area contributed by atoms with Crippen LogP contribution < -0.4 is 4.74 Å². The third-order valence-electron chi connectivity index (χ3n) is 3.34. The van der Waals surface area contributed by atoms with Gasteiger partial charge in [-0.15, -0.1) is 0 Å². The van der Waals surface area contributed by atoms with E-state index in [1.807, 2.05) is 24.3 Å². The summed E-state index contributed by atoms with van der Waals surface area (Å²) >= 11 is 5.84. The van der Waals surface area contributed by atoms with Crippen LogP contribution in [0.2, 0.25) is 5.02 Å². The Kier molecular flexibility index (Phi) is 5.03. The van der Waals surface area contributed by atoms with Crippen molar-refractivity contribution in [1.82, 2.24) is 0 Å². The fraction of sp³-hybridized carbons (Fsp3) is 0.278. The van der Waals surface area contributed by atoms with Gasteiger partial charge in [0.25, 0.3) is 0 Å². The Bertz CT molecular complexity index is 617. The first-order valence-corrected chi connectivity index (χ1v) is 7.42. The third-order valence-corrected chi connectivity index (χ3v) is 3.59. The van der Waals surface area contributed by atoms with Crippen molar-refractivity contribution in [1.29, 1.82) is 0 Å². The summed E-state index contributed by atoms with van der Waals surface area (Å²) in [5, 5.41) is 0.616. The number of hydrogen-bond donors (Lipinski definition) is 0. The highest BCUT2D eigenvalue weighted by atomic mass is 35.5. The van der Waals surface area contributed by atoms with E-state index in [1.54, 1.807) is 31.2 Å². The van der Waals surface area contributed by atoms with Gasteiger partial charge >= 0.3 is 0 Å². The van der Waals surface area contributed by atoms with Gasteiger partial charge in [0.2, 0.25) is 5.78 Å². The summed E-state index contributed by atoms with van der Waals surface area (Å²) in [6.45, 7) is 5.98. The zero-order chi connectivity index (χ0) is 15.4. The third kappa shape index (κ3) is 3.85. The number of Topliss-reactive ketones (excluding diaryl/α,β-unsaturated/α-hetero) is 1. The second-order valence-electron chi connectivity index (χ2n) is 5.32. The maximum Gasteiger partial charge on any atom is 0.202 e. The lowest BCUT2D eigenvalue weighted by molar-refractivity contribution is 0.0816. The number of ether oxygens (including phenoxy) is 1. The van der Waals surface area contributed by atoms with E-state index in [4.69, 9.17) is 16.3 Å². The molecule has 0 aliphatic rings. The SMILES string of the molecule is CC(Oc1ccccc1C(C)C)C(=O)c1ccc(Cl)cc1. The van der Waals surface area contributed by atoms with E-state index in [0.717, 1.165) is 11.3 Å². The van der Waals surface area contributed by atoms with Crippen molar-refractivity contribution < 1.29 is 9.53 Å². The van der Waals surface area contributed by atoms with E-state index in [9.17, 15) is 4.79 Å². The lowest BCUT2D eigenvalue weighted by atomic mass is 10.0. The first-order valence-electron chi connectivity index (χ1n) is 7.04. The summed E-state index contributed by atoms with van der Waals surface area (Å²) in [7, 11) is 0. The molecule has 2 rings (SSSR count). The lowest BCUT2D eigenvalue weighted by Gasteiger charge is -2.18. The van der Waals surface area contributed by atoms with Gasteiger partial charge < -0.3 is 4.74 Å². The Labute approximate surface area is 130 Å². The summed E-state index contributed by atoms with van der Waals surface area (Å²) in [6.07, 6.45) is -0.536. The second-order valence-corrected chi connectivity index (χ2v) is 5.76. The summed E-state index contributed by atoms with van der Waals surface area (Å²) in [5.41, 5.74) is 1.71. The number of carbonyl (C=O) groups is 1. The van der Waals surface area contributed by atoms with Crippen LogP contribution in [-0.4, -0.2) is 11.9 Å². The van der Waals surface area contributed by atoms with Crippen molar-refractivity contribution in [3.8, 4) is 5.75 Å². The molecule has 0 heterocycles. The Morgan fingerprint density at radius 1 is 1.00 bits per heavy atom. The van der Waals surface area contributed by atoms with E-state index < -0.39 is 6.10 Å². The Morgan fingerprint density at radius 3 is 2.24 bits per heavy atom. The van der Waals surface area contributed by atoms with E-state index >= 15 is 0 Å². The fourth-order valence-corrected chi connectivity index (χ4v) is 2.28. The molecule has 1 unspecified atom stereocenters. The van der Waals surface area contributed by atoms with Crippen molar-refractivity contribution >= 4 is 17.4 Å². The van der Waals surface area contributed by atoms with Crippen LogP contribution in [0.3, 0.4) is 0 Å². The number of para-hydroxylation sites is 1. The van der Waals surface area contributed by atoms with Gasteiger partial charge in [0.05, 0.1) is 0 Å². The van der Waals surface area contributed by atoms with Crippen molar-refractivity contribution in [3.63, 3.8) is 0 Å². The molecule has 0 aromatic heterocycles. The largest absolute Gasteiger partial charge is 0.482 e. The molecule has 0 bridgehead atoms. The van der Waals surface area contributed by atoms with Gasteiger partial charge in [-0.25, -0.2) is 0 Å². The van der Waals surface area contributed by atoms with Gasteiger partial charge in [-0.3, -0.25) is 4.79 Å². The highest BCUT2D eigenvalue weighted by molar-refractivity contribution is 6.30. The number of benzene rings is 2. The molecule has 0 aliphatic heterocycles. The second kappa shape index (κ2) is 6.77. The molecule has 0 amide bonds. The van der Waals surface area contributed by atoms with Gasteiger partial charge in [0, 0.05) is 10.6 Å². The van der Waals surface area contributed by atoms with Crippen LogP contribution in [0.5, 0.6) is 5.75 Å². The van der Waals surface area contributed by atoms with Gasteiger partial charge in [-0.05, 0) is 48.7 Å². The molecule has 2 aromatic rings. The van der Waals surface area contributed by atoms with Gasteiger partial charge in [-0.2, -0.15) is 0 Å². The molecule has 0 N–H and O–H groups in total. The average molecular weight is 303 g/mol. The number of carbonyl (C=O) groups excluding carboxylic acids is 1.